The minimum Gasteiger partial charge on any atom is -0.383 e. The topological polar surface area (TPSA) is 71.8 Å². The van der Waals surface area contributed by atoms with Gasteiger partial charge < -0.3 is 10.7 Å². The van der Waals surface area contributed by atoms with E-state index < -0.39 is 0 Å². The number of anilines is 1. The molecule has 0 bridgehead atoms. The molecule has 0 saturated heterocycles. The molecule has 0 amide bonds. The summed E-state index contributed by atoms with van der Waals surface area (Å²) in [6.07, 6.45) is 2.67. The maximum Gasteiger partial charge on any atom is 0.256 e. The predicted molar refractivity (Wildman–Crippen MR) is 64.4 cm³/mol. The van der Waals surface area contributed by atoms with E-state index in [0.717, 1.165) is 18.7 Å². The molecule has 1 aliphatic rings. The van der Waals surface area contributed by atoms with Crippen molar-refractivity contribution in [2.45, 2.75) is 46.0 Å². The lowest BCUT2D eigenvalue weighted by molar-refractivity contribution is 0.607. The third-order valence-electron chi connectivity index (χ3n) is 3.41. The van der Waals surface area contributed by atoms with Crippen LogP contribution in [0.3, 0.4) is 0 Å². The van der Waals surface area contributed by atoms with Gasteiger partial charge in [-0.1, -0.05) is 27.2 Å². The van der Waals surface area contributed by atoms with E-state index in [9.17, 15) is 4.79 Å². The smallest absolute Gasteiger partial charge is 0.256 e. The molecule has 0 spiro atoms. The van der Waals surface area contributed by atoms with Crippen molar-refractivity contribution in [1.29, 1.82) is 0 Å². The molecule has 1 atom stereocenters. The fourth-order valence-corrected chi connectivity index (χ4v) is 2.12. The molecular formula is C12H19N3O. The molecule has 4 heteroatoms. The number of nitrogens with one attached hydrogen (secondary N) is 1. The van der Waals surface area contributed by atoms with Crippen LogP contribution in [0, 0.1) is 5.41 Å². The molecule has 88 valence electrons. The van der Waals surface area contributed by atoms with E-state index in [1.54, 1.807) is 0 Å². The van der Waals surface area contributed by atoms with Crippen LogP contribution in [0.2, 0.25) is 0 Å². The van der Waals surface area contributed by atoms with Gasteiger partial charge in [0, 0.05) is 5.92 Å². The van der Waals surface area contributed by atoms with Gasteiger partial charge in [-0.25, -0.2) is 4.98 Å². The van der Waals surface area contributed by atoms with E-state index in [1.807, 2.05) is 6.92 Å². The summed E-state index contributed by atoms with van der Waals surface area (Å²) < 4.78 is 0. The molecule has 0 aliphatic heterocycles. The lowest BCUT2D eigenvalue weighted by Gasteiger charge is -2.07. The molecule has 1 aliphatic carbocycles. The third kappa shape index (κ3) is 1.84. The fourth-order valence-electron chi connectivity index (χ4n) is 2.12. The average molecular weight is 221 g/mol. The zero-order chi connectivity index (χ0) is 11.9. The molecule has 16 heavy (non-hydrogen) atoms. The highest BCUT2D eigenvalue weighted by atomic mass is 16.1. The van der Waals surface area contributed by atoms with Crippen molar-refractivity contribution in [3.05, 3.63) is 21.7 Å². The molecule has 4 nitrogen and oxygen atoms in total. The summed E-state index contributed by atoms with van der Waals surface area (Å²) in [5.74, 6) is 1.52. The SMILES string of the molecule is CCCc1c(N)nc(C2CC2(C)C)[nH]c1=O. The monoisotopic (exact) mass is 221 g/mol. The molecule has 1 fully saturated rings. The maximum absolute atomic E-state index is 11.8. The van der Waals surface area contributed by atoms with Crippen LogP contribution < -0.4 is 11.3 Å². The van der Waals surface area contributed by atoms with Gasteiger partial charge in [0.1, 0.15) is 11.6 Å². The lowest BCUT2D eigenvalue weighted by atomic mass is 10.1. The van der Waals surface area contributed by atoms with Crippen molar-refractivity contribution in [2.24, 2.45) is 5.41 Å². The molecule has 0 radical (unpaired) electrons. The summed E-state index contributed by atoms with van der Waals surface area (Å²) in [4.78, 5) is 19.0. The second kappa shape index (κ2) is 3.61. The van der Waals surface area contributed by atoms with Crippen LogP contribution in [0.4, 0.5) is 5.82 Å². The highest BCUT2D eigenvalue weighted by Gasteiger charge is 2.48. The van der Waals surface area contributed by atoms with Gasteiger partial charge in [0.15, 0.2) is 0 Å². The van der Waals surface area contributed by atoms with Crippen LogP contribution in [0.5, 0.6) is 0 Å². The van der Waals surface area contributed by atoms with Crippen molar-refractivity contribution >= 4 is 5.82 Å². The molecule has 0 aromatic carbocycles. The molecule has 1 saturated carbocycles. The Labute approximate surface area is 95.3 Å². The Morgan fingerprint density at radius 1 is 1.56 bits per heavy atom. The number of aromatic amines is 1. The summed E-state index contributed by atoms with van der Waals surface area (Å²) in [6, 6.07) is 0. The van der Waals surface area contributed by atoms with Crippen molar-refractivity contribution in [3.8, 4) is 0 Å². The quantitative estimate of drug-likeness (QED) is 0.817. The first-order valence-corrected chi connectivity index (χ1v) is 5.84. The maximum atomic E-state index is 11.8. The Kier molecular flexibility index (Phi) is 2.52. The minimum absolute atomic E-state index is 0.0629. The summed E-state index contributed by atoms with van der Waals surface area (Å²) in [6.45, 7) is 6.37. The highest BCUT2D eigenvalue weighted by molar-refractivity contribution is 5.39. The van der Waals surface area contributed by atoms with Gasteiger partial charge in [0.2, 0.25) is 0 Å². The molecule has 1 aromatic heterocycles. The first-order chi connectivity index (χ1) is 7.45. The summed E-state index contributed by atoms with van der Waals surface area (Å²) in [7, 11) is 0. The normalized spacial score (nSPS) is 22.1. The van der Waals surface area contributed by atoms with Gasteiger partial charge in [-0.3, -0.25) is 4.79 Å². The summed E-state index contributed by atoms with van der Waals surface area (Å²) in [5.41, 5.74) is 6.66. The zero-order valence-electron chi connectivity index (χ0n) is 10.1. The van der Waals surface area contributed by atoms with Crippen molar-refractivity contribution in [1.82, 2.24) is 9.97 Å². The van der Waals surface area contributed by atoms with Gasteiger partial charge in [-0.15, -0.1) is 0 Å². The Morgan fingerprint density at radius 2 is 2.19 bits per heavy atom. The molecule has 1 unspecified atom stereocenters. The summed E-state index contributed by atoms with van der Waals surface area (Å²) >= 11 is 0. The van der Waals surface area contributed by atoms with E-state index in [-0.39, 0.29) is 11.0 Å². The van der Waals surface area contributed by atoms with E-state index >= 15 is 0 Å². The van der Waals surface area contributed by atoms with E-state index in [1.165, 1.54) is 0 Å². The van der Waals surface area contributed by atoms with Crippen molar-refractivity contribution in [2.75, 3.05) is 5.73 Å². The Morgan fingerprint density at radius 3 is 2.62 bits per heavy atom. The number of rotatable bonds is 3. The zero-order valence-corrected chi connectivity index (χ0v) is 10.1. The number of nitrogens with zero attached hydrogens (tertiary/aromatic N) is 1. The lowest BCUT2D eigenvalue weighted by Crippen LogP contribution is -2.19. The van der Waals surface area contributed by atoms with Gasteiger partial charge in [-0.2, -0.15) is 0 Å². The van der Waals surface area contributed by atoms with Gasteiger partial charge >= 0.3 is 0 Å². The predicted octanol–water partition coefficient (Wildman–Crippen LogP) is 1.82. The Balaban J connectivity index is 2.35. The average Bonchev–Trinajstić information content (AvgIpc) is 2.81. The molecular weight excluding hydrogens is 202 g/mol. The number of aromatic nitrogens is 2. The standard InChI is InChI=1S/C12H19N3O/c1-4-5-7-9(13)14-10(15-11(7)16)8-6-12(8,2)3/h8H,4-6H2,1-3H3,(H3,13,14,15,16). The summed E-state index contributed by atoms with van der Waals surface area (Å²) in [5, 5.41) is 0. The molecule has 1 aromatic rings. The Bertz CT molecular complexity index is 462. The first kappa shape index (κ1) is 11.2. The van der Waals surface area contributed by atoms with Crippen molar-refractivity contribution in [3.63, 3.8) is 0 Å². The highest BCUT2D eigenvalue weighted by Crippen LogP contribution is 2.57. The molecule has 2 rings (SSSR count). The number of H-pyrrole nitrogens is 1. The second-order valence-electron chi connectivity index (χ2n) is 5.31. The van der Waals surface area contributed by atoms with E-state index in [4.69, 9.17) is 5.73 Å². The largest absolute Gasteiger partial charge is 0.383 e. The second-order valence-corrected chi connectivity index (χ2v) is 5.31. The number of hydrogen-bond acceptors (Lipinski definition) is 3. The van der Waals surface area contributed by atoms with Gasteiger partial charge in [-0.05, 0) is 18.3 Å². The Hall–Kier alpha value is -1.32. The van der Waals surface area contributed by atoms with Crippen LogP contribution >= 0.6 is 0 Å². The van der Waals surface area contributed by atoms with Gasteiger partial charge in [0.25, 0.3) is 5.56 Å². The van der Waals surface area contributed by atoms with Crippen LogP contribution in [0.1, 0.15) is 50.9 Å². The van der Waals surface area contributed by atoms with Crippen LogP contribution in [-0.2, 0) is 6.42 Å². The number of hydrogen-bond donors (Lipinski definition) is 2. The minimum atomic E-state index is -0.0629. The molecule has 1 heterocycles. The van der Waals surface area contributed by atoms with Crippen LogP contribution in [0.25, 0.3) is 0 Å². The number of nitrogens with two attached hydrogens (primary N) is 1. The first-order valence-electron chi connectivity index (χ1n) is 5.84. The van der Waals surface area contributed by atoms with E-state index in [0.29, 0.717) is 23.7 Å². The molecule has 3 N–H and O–H groups in total. The fraction of sp³-hybridized carbons (Fsp3) is 0.667. The van der Waals surface area contributed by atoms with Crippen LogP contribution in [0.15, 0.2) is 4.79 Å². The van der Waals surface area contributed by atoms with Crippen LogP contribution in [-0.4, -0.2) is 9.97 Å². The van der Waals surface area contributed by atoms with E-state index in [2.05, 4.69) is 23.8 Å². The van der Waals surface area contributed by atoms with Crippen molar-refractivity contribution < 1.29 is 0 Å². The number of nitrogen functional groups attached to an aromatic ring is 1. The third-order valence-corrected chi connectivity index (χ3v) is 3.41. The van der Waals surface area contributed by atoms with Gasteiger partial charge in [0.05, 0.1) is 5.56 Å².